The van der Waals surface area contributed by atoms with E-state index in [1.54, 1.807) is 0 Å². The van der Waals surface area contributed by atoms with E-state index in [9.17, 15) is 5.11 Å². The highest BCUT2D eigenvalue weighted by Gasteiger charge is 2.24. The molecule has 1 aliphatic rings. The molecule has 0 bridgehead atoms. The van der Waals surface area contributed by atoms with Crippen molar-refractivity contribution in [3.05, 3.63) is 17.5 Å². The van der Waals surface area contributed by atoms with Crippen LogP contribution in [-0.2, 0) is 6.54 Å². The number of hydrogen-bond donors (Lipinski definition) is 1. The van der Waals surface area contributed by atoms with Gasteiger partial charge in [0, 0.05) is 38.3 Å². The molecule has 1 saturated heterocycles. The average molecular weight is 253 g/mol. The Hall–Kier alpha value is -0.910. The lowest BCUT2D eigenvalue weighted by atomic mass is 10.1. The van der Waals surface area contributed by atoms with Gasteiger partial charge in [0.2, 0.25) is 0 Å². The fourth-order valence-electron chi connectivity index (χ4n) is 2.54. The van der Waals surface area contributed by atoms with Gasteiger partial charge in [0.15, 0.2) is 5.76 Å². The van der Waals surface area contributed by atoms with Crippen LogP contribution < -0.4 is 0 Å². The molecular formula is C13H23N3O2. The second-order valence-electron chi connectivity index (χ2n) is 5.36. The van der Waals surface area contributed by atoms with Gasteiger partial charge in [-0.15, -0.1) is 0 Å². The SMILES string of the molecule is Cc1cc(CN2CCN(C[C@@H](C)O)[C@@H](C)C2)on1. The molecule has 1 N–H and O–H groups in total. The van der Waals surface area contributed by atoms with Gasteiger partial charge in [-0.05, 0) is 20.8 Å². The monoisotopic (exact) mass is 253 g/mol. The third kappa shape index (κ3) is 3.54. The maximum atomic E-state index is 9.45. The molecule has 1 aliphatic heterocycles. The highest BCUT2D eigenvalue weighted by molar-refractivity contribution is 5.03. The summed E-state index contributed by atoms with van der Waals surface area (Å²) < 4.78 is 5.25. The molecule has 2 atom stereocenters. The fourth-order valence-corrected chi connectivity index (χ4v) is 2.54. The summed E-state index contributed by atoms with van der Waals surface area (Å²) in [6.45, 7) is 10.6. The smallest absolute Gasteiger partial charge is 0.150 e. The van der Waals surface area contributed by atoms with E-state index >= 15 is 0 Å². The zero-order valence-corrected chi connectivity index (χ0v) is 11.5. The lowest BCUT2D eigenvalue weighted by molar-refractivity contribution is 0.0392. The molecule has 0 saturated carbocycles. The Morgan fingerprint density at radius 3 is 2.89 bits per heavy atom. The van der Waals surface area contributed by atoms with Gasteiger partial charge >= 0.3 is 0 Å². The summed E-state index contributed by atoms with van der Waals surface area (Å²) in [7, 11) is 0. The molecule has 0 amide bonds. The van der Waals surface area contributed by atoms with E-state index in [4.69, 9.17) is 4.52 Å². The second-order valence-corrected chi connectivity index (χ2v) is 5.36. The summed E-state index contributed by atoms with van der Waals surface area (Å²) in [6.07, 6.45) is -0.254. The first kappa shape index (κ1) is 13.5. The van der Waals surface area contributed by atoms with E-state index in [-0.39, 0.29) is 6.10 Å². The van der Waals surface area contributed by atoms with E-state index in [0.717, 1.165) is 44.2 Å². The molecule has 0 aromatic carbocycles. The molecule has 2 heterocycles. The minimum absolute atomic E-state index is 0.254. The quantitative estimate of drug-likeness (QED) is 0.863. The number of aliphatic hydroxyl groups is 1. The first-order valence-corrected chi connectivity index (χ1v) is 6.61. The number of aliphatic hydroxyl groups excluding tert-OH is 1. The molecule has 1 fully saturated rings. The van der Waals surface area contributed by atoms with Crippen LogP contribution in [0.25, 0.3) is 0 Å². The Bertz CT molecular complexity index is 378. The van der Waals surface area contributed by atoms with Crippen molar-refractivity contribution in [3.8, 4) is 0 Å². The van der Waals surface area contributed by atoms with E-state index in [2.05, 4.69) is 21.9 Å². The van der Waals surface area contributed by atoms with Gasteiger partial charge in [0.1, 0.15) is 0 Å². The minimum atomic E-state index is -0.254. The normalized spacial score (nSPS) is 24.3. The average Bonchev–Trinajstić information content (AvgIpc) is 2.68. The van der Waals surface area contributed by atoms with Gasteiger partial charge in [-0.3, -0.25) is 9.80 Å². The van der Waals surface area contributed by atoms with Crippen LogP contribution in [0.4, 0.5) is 0 Å². The van der Waals surface area contributed by atoms with E-state index < -0.39 is 0 Å². The summed E-state index contributed by atoms with van der Waals surface area (Å²) in [5, 5.41) is 13.4. The fraction of sp³-hybridized carbons (Fsp3) is 0.769. The molecule has 5 heteroatoms. The summed E-state index contributed by atoms with van der Waals surface area (Å²) in [4.78, 5) is 4.72. The number of rotatable bonds is 4. The molecule has 0 aliphatic carbocycles. The van der Waals surface area contributed by atoms with Crippen LogP contribution in [0.5, 0.6) is 0 Å². The molecule has 0 radical (unpaired) electrons. The standard InChI is InChI=1S/C13H23N3O2/c1-10-6-13(18-14-10)9-15-4-5-16(8-12(3)17)11(2)7-15/h6,11-12,17H,4-5,7-9H2,1-3H3/t11-,12+/m0/s1. The van der Waals surface area contributed by atoms with Gasteiger partial charge in [0.05, 0.1) is 18.3 Å². The Morgan fingerprint density at radius 1 is 1.56 bits per heavy atom. The van der Waals surface area contributed by atoms with Crippen molar-refractivity contribution in [3.63, 3.8) is 0 Å². The maximum absolute atomic E-state index is 9.45. The van der Waals surface area contributed by atoms with Crippen LogP contribution in [0.2, 0.25) is 0 Å². The van der Waals surface area contributed by atoms with Crippen LogP contribution in [0, 0.1) is 6.92 Å². The summed E-state index contributed by atoms with van der Waals surface area (Å²) in [5.74, 6) is 0.934. The minimum Gasteiger partial charge on any atom is -0.392 e. The summed E-state index contributed by atoms with van der Waals surface area (Å²) in [5.41, 5.74) is 0.936. The molecular weight excluding hydrogens is 230 g/mol. The van der Waals surface area contributed by atoms with Crippen LogP contribution >= 0.6 is 0 Å². The predicted octanol–water partition coefficient (Wildman–Crippen LogP) is 0.870. The first-order chi connectivity index (χ1) is 8.54. The van der Waals surface area contributed by atoms with Gasteiger partial charge in [-0.2, -0.15) is 0 Å². The van der Waals surface area contributed by atoms with Crippen LogP contribution in [0.1, 0.15) is 25.3 Å². The predicted molar refractivity (Wildman–Crippen MR) is 69.2 cm³/mol. The lowest BCUT2D eigenvalue weighted by Gasteiger charge is -2.40. The second kappa shape index (κ2) is 5.82. The summed E-state index contributed by atoms with van der Waals surface area (Å²) >= 11 is 0. The van der Waals surface area contributed by atoms with Crippen molar-refractivity contribution in [2.75, 3.05) is 26.2 Å². The zero-order valence-electron chi connectivity index (χ0n) is 11.5. The van der Waals surface area contributed by atoms with E-state index in [0.29, 0.717) is 6.04 Å². The van der Waals surface area contributed by atoms with Gasteiger partial charge in [-0.25, -0.2) is 0 Å². The molecule has 102 valence electrons. The molecule has 1 aromatic rings. The van der Waals surface area contributed by atoms with Gasteiger partial charge in [-0.1, -0.05) is 5.16 Å². The largest absolute Gasteiger partial charge is 0.392 e. The number of nitrogens with zero attached hydrogens (tertiary/aromatic N) is 3. The Kier molecular flexibility index (Phi) is 4.37. The molecule has 5 nitrogen and oxygen atoms in total. The Labute approximate surface area is 108 Å². The van der Waals surface area contributed by atoms with Gasteiger partial charge < -0.3 is 9.63 Å². The number of β-amino-alcohol motifs (C(OH)–C–C–N with tert-alkyl or cyclic N) is 1. The van der Waals surface area contributed by atoms with Crippen molar-refractivity contribution in [1.29, 1.82) is 0 Å². The first-order valence-electron chi connectivity index (χ1n) is 6.61. The topological polar surface area (TPSA) is 52.7 Å². The van der Waals surface area contributed by atoms with Crippen LogP contribution in [0.3, 0.4) is 0 Å². The third-order valence-electron chi connectivity index (χ3n) is 3.40. The van der Waals surface area contributed by atoms with Crippen LogP contribution in [0.15, 0.2) is 10.6 Å². The number of piperazine rings is 1. The highest BCUT2D eigenvalue weighted by atomic mass is 16.5. The number of aryl methyl sites for hydroxylation is 1. The highest BCUT2D eigenvalue weighted by Crippen LogP contribution is 2.14. The Balaban J connectivity index is 1.84. The summed E-state index contributed by atoms with van der Waals surface area (Å²) in [6, 6.07) is 2.46. The lowest BCUT2D eigenvalue weighted by Crippen LogP contribution is -2.53. The zero-order chi connectivity index (χ0) is 13.1. The van der Waals surface area contributed by atoms with Crippen molar-refractivity contribution >= 4 is 0 Å². The van der Waals surface area contributed by atoms with Crippen molar-refractivity contribution in [2.24, 2.45) is 0 Å². The van der Waals surface area contributed by atoms with Crippen LogP contribution in [-0.4, -0.2) is 58.4 Å². The molecule has 1 aromatic heterocycles. The molecule has 2 rings (SSSR count). The van der Waals surface area contributed by atoms with E-state index in [1.165, 1.54) is 0 Å². The van der Waals surface area contributed by atoms with E-state index in [1.807, 2.05) is 19.9 Å². The van der Waals surface area contributed by atoms with Crippen molar-refractivity contribution in [2.45, 2.75) is 39.5 Å². The number of aromatic nitrogens is 1. The van der Waals surface area contributed by atoms with Gasteiger partial charge in [0.25, 0.3) is 0 Å². The maximum Gasteiger partial charge on any atom is 0.150 e. The molecule has 18 heavy (non-hydrogen) atoms. The Morgan fingerprint density at radius 2 is 2.33 bits per heavy atom. The van der Waals surface area contributed by atoms with Crippen molar-refractivity contribution in [1.82, 2.24) is 15.0 Å². The molecule has 0 spiro atoms. The third-order valence-corrected chi connectivity index (χ3v) is 3.40. The molecule has 0 unspecified atom stereocenters. The van der Waals surface area contributed by atoms with Crippen molar-refractivity contribution < 1.29 is 9.63 Å². The number of hydrogen-bond acceptors (Lipinski definition) is 5.